The third kappa shape index (κ3) is 4.95. The van der Waals surface area contributed by atoms with Crippen LogP contribution in [0.15, 0.2) is 48.5 Å². The van der Waals surface area contributed by atoms with Gasteiger partial charge in [0.15, 0.2) is 5.78 Å². The number of methoxy groups -OCH3 is 1. The number of morpholine rings is 1. The van der Waals surface area contributed by atoms with Crippen LogP contribution in [0.5, 0.6) is 5.75 Å². The van der Waals surface area contributed by atoms with Crippen LogP contribution in [0.2, 0.25) is 0 Å². The van der Waals surface area contributed by atoms with Crippen molar-refractivity contribution in [1.82, 2.24) is 0 Å². The van der Waals surface area contributed by atoms with Gasteiger partial charge in [-0.25, -0.2) is 0 Å². The number of ether oxygens (including phenoxy) is 2. The Balaban J connectivity index is 1.50. The maximum Gasteiger partial charge on any atom is 0.253 e. The van der Waals surface area contributed by atoms with Crippen molar-refractivity contribution in [3.8, 4) is 5.75 Å². The molecule has 1 aliphatic rings. The van der Waals surface area contributed by atoms with E-state index in [-0.39, 0.29) is 37.0 Å². The summed E-state index contributed by atoms with van der Waals surface area (Å²) in [6, 6.07) is 13.8. The van der Waals surface area contributed by atoms with Gasteiger partial charge >= 0.3 is 0 Å². The standard InChI is InChI=1S/C21H22N2O5/c1-27-18-8-2-15(3-9-18)19(24)10-11-20(25)22-16-4-6-17(7-5-16)23-12-13-28-14-21(23)26/h2-9H,10-14H2,1H3,(H,22,25). The lowest BCUT2D eigenvalue weighted by Crippen LogP contribution is -2.41. The van der Waals surface area contributed by atoms with Crippen molar-refractivity contribution in [2.75, 3.05) is 37.1 Å². The zero-order valence-electron chi connectivity index (χ0n) is 15.6. The molecule has 0 aliphatic carbocycles. The highest BCUT2D eigenvalue weighted by Gasteiger charge is 2.20. The monoisotopic (exact) mass is 382 g/mol. The maximum absolute atomic E-state index is 12.2. The Morgan fingerprint density at radius 3 is 2.43 bits per heavy atom. The molecule has 0 spiro atoms. The van der Waals surface area contributed by atoms with Gasteiger partial charge in [0.1, 0.15) is 12.4 Å². The largest absolute Gasteiger partial charge is 0.497 e. The van der Waals surface area contributed by atoms with Crippen molar-refractivity contribution in [3.63, 3.8) is 0 Å². The summed E-state index contributed by atoms with van der Waals surface area (Å²) in [5, 5.41) is 2.77. The molecule has 0 aromatic heterocycles. The van der Waals surface area contributed by atoms with Gasteiger partial charge in [0.2, 0.25) is 5.91 Å². The summed E-state index contributed by atoms with van der Waals surface area (Å²) in [6.45, 7) is 1.10. The molecule has 0 bridgehead atoms. The molecule has 0 saturated carbocycles. The number of Topliss-reactive ketones (excluding diaryl/α,β-unsaturated/α-hetero) is 1. The first-order valence-corrected chi connectivity index (χ1v) is 9.02. The van der Waals surface area contributed by atoms with E-state index >= 15 is 0 Å². The van der Waals surface area contributed by atoms with Gasteiger partial charge in [0.05, 0.1) is 13.7 Å². The molecule has 3 rings (SSSR count). The molecule has 2 amide bonds. The Hall–Kier alpha value is -3.19. The number of nitrogens with zero attached hydrogens (tertiary/aromatic N) is 1. The van der Waals surface area contributed by atoms with Gasteiger partial charge in [-0.05, 0) is 48.5 Å². The molecule has 1 saturated heterocycles. The molecule has 146 valence electrons. The van der Waals surface area contributed by atoms with Crippen molar-refractivity contribution >= 4 is 29.0 Å². The van der Waals surface area contributed by atoms with E-state index in [1.807, 2.05) is 0 Å². The lowest BCUT2D eigenvalue weighted by Gasteiger charge is -2.26. The number of ketones is 1. The number of hydrogen-bond acceptors (Lipinski definition) is 5. The van der Waals surface area contributed by atoms with Crippen LogP contribution in [0, 0.1) is 0 Å². The summed E-state index contributed by atoms with van der Waals surface area (Å²) < 4.78 is 10.2. The molecule has 0 radical (unpaired) electrons. The van der Waals surface area contributed by atoms with Crippen LogP contribution in [0.25, 0.3) is 0 Å². The second-order valence-corrected chi connectivity index (χ2v) is 6.34. The molecule has 28 heavy (non-hydrogen) atoms. The molecule has 1 N–H and O–H groups in total. The average Bonchev–Trinajstić information content (AvgIpc) is 2.73. The summed E-state index contributed by atoms with van der Waals surface area (Å²) in [6.07, 6.45) is 0.215. The normalized spacial score (nSPS) is 13.9. The van der Waals surface area contributed by atoms with Crippen molar-refractivity contribution in [2.24, 2.45) is 0 Å². The van der Waals surface area contributed by atoms with Crippen LogP contribution < -0.4 is 15.0 Å². The summed E-state index contributed by atoms with van der Waals surface area (Å²) in [7, 11) is 1.56. The van der Waals surface area contributed by atoms with Crippen LogP contribution in [0.3, 0.4) is 0 Å². The Bertz CT molecular complexity index is 846. The fourth-order valence-electron chi connectivity index (χ4n) is 2.89. The fourth-order valence-corrected chi connectivity index (χ4v) is 2.89. The van der Waals surface area contributed by atoms with Gasteiger partial charge in [0, 0.05) is 36.3 Å². The highest BCUT2D eigenvalue weighted by Crippen LogP contribution is 2.20. The van der Waals surface area contributed by atoms with E-state index in [0.717, 1.165) is 5.69 Å². The molecule has 2 aromatic carbocycles. The van der Waals surface area contributed by atoms with E-state index < -0.39 is 0 Å². The molecule has 1 heterocycles. The Labute approximate surface area is 163 Å². The number of carbonyl (C=O) groups is 3. The van der Waals surface area contributed by atoms with Gasteiger partial charge in [-0.1, -0.05) is 0 Å². The smallest absolute Gasteiger partial charge is 0.253 e. The molecule has 2 aromatic rings. The quantitative estimate of drug-likeness (QED) is 0.744. The van der Waals surface area contributed by atoms with E-state index in [1.54, 1.807) is 60.5 Å². The maximum atomic E-state index is 12.2. The van der Waals surface area contributed by atoms with E-state index in [1.165, 1.54) is 0 Å². The Kier molecular flexibility index (Phi) is 6.39. The topological polar surface area (TPSA) is 84.9 Å². The predicted molar refractivity (Wildman–Crippen MR) is 105 cm³/mol. The average molecular weight is 382 g/mol. The SMILES string of the molecule is COc1ccc(C(=O)CCC(=O)Nc2ccc(N3CCOCC3=O)cc2)cc1. The minimum Gasteiger partial charge on any atom is -0.497 e. The van der Waals surface area contributed by atoms with Gasteiger partial charge in [-0.15, -0.1) is 0 Å². The highest BCUT2D eigenvalue weighted by molar-refractivity contribution is 6.00. The number of hydrogen-bond donors (Lipinski definition) is 1. The first kappa shape index (κ1) is 19.6. The van der Waals surface area contributed by atoms with Crippen molar-refractivity contribution in [1.29, 1.82) is 0 Å². The lowest BCUT2D eigenvalue weighted by molar-refractivity contribution is -0.125. The molecule has 0 unspecified atom stereocenters. The van der Waals surface area contributed by atoms with E-state index in [4.69, 9.17) is 9.47 Å². The summed E-state index contributed by atoms with van der Waals surface area (Å²) >= 11 is 0. The second-order valence-electron chi connectivity index (χ2n) is 6.34. The molecule has 1 aliphatic heterocycles. The molecular formula is C21H22N2O5. The number of nitrogens with one attached hydrogen (secondary N) is 1. The highest BCUT2D eigenvalue weighted by atomic mass is 16.5. The molecule has 7 nitrogen and oxygen atoms in total. The summed E-state index contributed by atoms with van der Waals surface area (Å²) in [5.41, 5.74) is 1.93. The van der Waals surface area contributed by atoms with Gasteiger partial charge < -0.3 is 19.7 Å². The van der Waals surface area contributed by atoms with E-state index in [2.05, 4.69) is 5.32 Å². The zero-order valence-corrected chi connectivity index (χ0v) is 15.6. The van der Waals surface area contributed by atoms with E-state index in [0.29, 0.717) is 30.2 Å². The first-order chi connectivity index (χ1) is 13.6. The van der Waals surface area contributed by atoms with Crippen molar-refractivity contribution in [3.05, 3.63) is 54.1 Å². The van der Waals surface area contributed by atoms with Gasteiger partial charge in [-0.2, -0.15) is 0 Å². The molecule has 0 atom stereocenters. The number of rotatable bonds is 7. The van der Waals surface area contributed by atoms with Crippen LogP contribution >= 0.6 is 0 Å². The summed E-state index contributed by atoms with van der Waals surface area (Å²) in [4.78, 5) is 37.8. The van der Waals surface area contributed by atoms with Crippen LogP contribution in [0.1, 0.15) is 23.2 Å². The number of anilines is 2. The van der Waals surface area contributed by atoms with Crippen molar-refractivity contribution < 1.29 is 23.9 Å². The van der Waals surface area contributed by atoms with Crippen molar-refractivity contribution in [2.45, 2.75) is 12.8 Å². The van der Waals surface area contributed by atoms with E-state index in [9.17, 15) is 14.4 Å². The summed E-state index contributed by atoms with van der Waals surface area (Å²) in [5.74, 6) is 0.257. The van der Waals surface area contributed by atoms with Gasteiger partial charge in [0.25, 0.3) is 5.91 Å². The van der Waals surface area contributed by atoms with Crippen LogP contribution in [0.4, 0.5) is 11.4 Å². The molecule has 7 heteroatoms. The second kappa shape index (κ2) is 9.14. The first-order valence-electron chi connectivity index (χ1n) is 9.02. The minimum atomic E-state index is -0.239. The number of benzene rings is 2. The Morgan fingerprint density at radius 1 is 1.07 bits per heavy atom. The molecule has 1 fully saturated rings. The minimum absolute atomic E-state index is 0.0833. The fraction of sp³-hybridized carbons (Fsp3) is 0.286. The number of carbonyl (C=O) groups excluding carboxylic acids is 3. The molecular weight excluding hydrogens is 360 g/mol. The lowest BCUT2D eigenvalue weighted by atomic mass is 10.1. The number of amides is 2. The third-order valence-electron chi connectivity index (χ3n) is 4.44. The van der Waals surface area contributed by atoms with Gasteiger partial charge in [-0.3, -0.25) is 14.4 Å². The third-order valence-corrected chi connectivity index (χ3v) is 4.44. The van der Waals surface area contributed by atoms with Crippen LogP contribution in [-0.4, -0.2) is 44.5 Å². The Morgan fingerprint density at radius 2 is 1.79 bits per heavy atom. The predicted octanol–water partition coefficient (Wildman–Crippen LogP) is 2.66. The zero-order chi connectivity index (χ0) is 19.9. The van der Waals surface area contributed by atoms with Crippen LogP contribution in [-0.2, 0) is 14.3 Å².